The number of Topliss-reactive ketones (excluding diaryl/α,β-unsaturated/α-hetero) is 1. The molecule has 2 rings (SSSR count). The number of hydrogen-bond donors (Lipinski definition) is 0. The van der Waals surface area contributed by atoms with Gasteiger partial charge in [0.05, 0.1) is 0 Å². The van der Waals surface area contributed by atoms with Crippen molar-refractivity contribution in [1.29, 1.82) is 0 Å². The molecular weight excluding hydrogens is 178 g/mol. The fourth-order valence-corrected chi connectivity index (χ4v) is 1.58. The Balaban J connectivity index is 2.30. The van der Waals surface area contributed by atoms with Crippen LogP contribution in [0.1, 0.15) is 48.3 Å². The second kappa shape index (κ2) is 3.78. The van der Waals surface area contributed by atoms with Gasteiger partial charge in [-0.2, -0.15) is 0 Å². The van der Waals surface area contributed by atoms with Gasteiger partial charge in [-0.05, 0) is 18.9 Å². The van der Waals surface area contributed by atoms with Crippen molar-refractivity contribution in [3.63, 3.8) is 0 Å². The Morgan fingerprint density at radius 1 is 1.50 bits per heavy atom. The van der Waals surface area contributed by atoms with Crippen LogP contribution in [0, 0.1) is 0 Å². The quantitative estimate of drug-likeness (QED) is 0.721. The minimum Gasteiger partial charge on any atom is -0.441 e. The minimum absolute atomic E-state index is 0.117. The Bertz CT molecular complexity index is 377. The summed E-state index contributed by atoms with van der Waals surface area (Å²) in [6, 6.07) is 0. The second-order valence-corrected chi connectivity index (χ2v) is 3.41. The van der Waals surface area contributed by atoms with Gasteiger partial charge in [0.2, 0.25) is 5.89 Å². The summed E-state index contributed by atoms with van der Waals surface area (Å²) in [5.41, 5.74) is 0.548. The van der Waals surface area contributed by atoms with E-state index in [0.717, 1.165) is 25.0 Å². The van der Waals surface area contributed by atoms with Crippen LogP contribution in [-0.2, 0) is 6.42 Å². The van der Waals surface area contributed by atoms with Gasteiger partial charge >= 0.3 is 0 Å². The maximum Gasteiger partial charge on any atom is 0.219 e. The van der Waals surface area contributed by atoms with Gasteiger partial charge in [0, 0.05) is 12.8 Å². The molecule has 0 spiro atoms. The normalized spacial score (nSPS) is 16.2. The molecule has 0 unspecified atom stereocenters. The molecule has 0 aromatic carbocycles. The molecule has 74 valence electrons. The molecule has 1 aromatic rings. The Kier molecular flexibility index (Phi) is 2.48. The van der Waals surface area contributed by atoms with Crippen molar-refractivity contribution in [3.05, 3.63) is 23.4 Å². The summed E-state index contributed by atoms with van der Waals surface area (Å²) in [4.78, 5) is 15.6. The number of allylic oxidation sites excluding steroid dienone is 1. The van der Waals surface area contributed by atoms with Crippen molar-refractivity contribution in [3.8, 4) is 0 Å². The Morgan fingerprint density at radius 2 is 2.36 bits per heavy atom. The van der Waals surface area contributed by atoms with Crippen LogP contribution in [0.2, 0.25) is 0 Å². The SMILES string of the molecule is CCC=Cc1nc2c(o1)CCCC2=O. The van der Waals surface area contributed by atoms with E-state index in [-0.39, 0.29) is 5.78 Å². The van der Waals surface area contributed by atoms with Crippen LogP contribution in [0.3, 0.4) is 0 Å². The number of rotatable bonds is 2. The molecule has 0 amide bonds. The number of fused-ring (bicyclic) bond motifs is 1. The first-order valence-corrected chi connectivity index (χ1v) is 5.00. The second-order valence-electron chi connectivity index (χ2n) is 3.41. The van der Waals surface area contributed by atoms with Gasteiger partial charge in [0.1, 0.15) is 11.5 Å². The molecule has 0 saturated heterocycles. The van der Waals surface area contributed by atoms with Gasteiger partial charge in [0.25, 0.3) is 0 Å². The first kappa shape index (κ1) is 9.19. The highest BCUT2D eigenvalue weighted by Gasteiger charge is 2.22. The number of carbonyl (C=O) groups is 1. The fourth-order valence-electron chi connectivity index (χ4n) is 1.58. The summed E-state index contributed by atoms with van der Waals surface area (Å²) in [6.07, 6.45) is 7.08. The maximum absolute atomic E-state index is 11.4. The molecule has 0 radical (unpaired) electrons. The first-order valence-electron chi connectivity index (χ1n) is 5.00. The van der Waals surface area contributed by atoms with Gasteiger partial charge in [-0.3, -0.25) is 4.79 Å². The van der Waals surface area contributed by atoms with Gasteiger partial charge in [-0.25, -0.2) is 4.98 Å². The van der Waals surface area contributed by atoms with Gasteiger partial charge in [-0.15, -0.1) is 0 Å². The summed E-state index contributed by atoms with van der Waals surface area (Å²) < 4.78 is 5.46. The van der Waals surface area contributed by atoms with E-state index in [1.807, 2.05) is 19.1 Å². The summed E-state index contributed by atoms with van der Waals surface area (Å²) in [5, 5.41) is 0. The van der Waals surface area contributed by atoms with Crippen LogP contribution in [0.25, 0.3) is 6.08 Å². The Morgan fingerprint density at radius 3 is 3.07 bits per heavy atom. The fraction of sp³-hybridized carbons (Fsp3) is 0.455. The molecular formula is C11H13NO2. The van der Waals surface area contributed by atoms with E-state index >= 15 is 0 Å². The van der Waals surface area contributed by atoms with Gasteiger partial charge in [-0.1, -0.05) is 13.0 Å². The van der Waals surface area contributed by atoms with E-state index in [1.54, 1.807) is 0 Å². The lowest BCUT2D eigenvalue weighted by molar-refractivity contribution is 0.0965. The zero-order chi connectivity index (χ0) is 9.97. The lowest BCUT2D eigenvalue weighted by atomic mass is 10.0. The predicted octanol–water partition coefficient (Wildman–Crippen LogP) is 2.62. The zero-order valence-corrected chi connectivity index (χ0v) is 8.25. The average molecular weight is 191 g/mol. The largest absolute Gasteiger partial charge is 0.441 e. The van der Waals surface area contributed by atoms with Crippen molar-refractivity contribution in [2.75, 3.05) is 0 Å². The Hall–Kier alpha value is -1.38. The summed E-state index contributed by atoms with van der Waals surface area (Å²) in [7, 11) is 0. The third-order valence-corrected chi connectivity index (χ3v) is 2.28. The van der Waals surface area contributed by atoms with Crippen molar-refractivity contribution >= 4 is 11.9 Å². The van der Waals surface area contributed by atoms with Gasteiger partial charge < -0.3 is 4.42 Å². The van der Waals surface area contributed by atoms with E-state index < -0.39 is 0 Å². The van der Waals surface area contributed by atoms with Crippen molar-refractivity contribution in [2.45, 2.75) is 32.6 Å². The van der Waals surface area contributed by atoms with Crippen molar-refractivity contribution in [1.82, 2.24) is 4.98 Å². The molecule has 0 N–H and O–H groups in total. The van der Waals surface area contributed by atoms with Crippen LogP contribution in [0.4, 0.5) is 0 Å². The third kappa shape index (κ3) is 1.62. The molecule has 3 heteroatoms. The molecule has 14 heavy (non-hydrogen) atoms. The predicted molar refractivity (Wildman–Crippen MR) is 53.1 cm³/mol. The van der Waals surface area contributed by atoms with E-state index in [1.165, 1.54) is 0 Å². The van der Waals surface area contributed by atoms with Crippen LogP contribution in [0.5, 0.6) is 0 Å². The summed E-state index contributed by atoms with van der Waals surface area (Å²) in [5.74, 6) is 1.44. The standard InChI is InChI=1S/C11H13NO2/c1-2-3-7-10-12-11-8(13)5-4-6-9(11)14-10/h3,7H,2,4-6H2,1H3. The number of hydrogen-bond acceptors (Lipinski definition) is 3. The lowest BCUT2D eigenvalue weighted by Crippen LogP contribution is -2.09. The third-order valence-electron chi connectivity index (χ3n) is 2.28. The molecule has 0 saturated carbocycles. The molecule has 1 aliphatic carbocycles. The van der Waals surface area contributed by atoms with Crippen LogP contribution in [-0.4, -0.2) is 10.8 Å². The molecule has 1 heterocycles. The average Bonchev–Trinajstić information content (AvgIpc) is 2.59. The number of ketones is 1. The lowest BCUT2D eigenvalue weighted by Gasteiger charge is -2.04. The molecule has 0 atom stereocenters. The number of carbonyl (C=O) groups excluding carboxylic acids is 1. The molecule has 1 aliphatic rings. The highest BCUT2D eigenvalue weighted by molar-refractivity contribution is 5.96. The highest BCUT2D eigenvalue weighted by Crippen LogP contribution is 2.22. The van der Waals surface area contributed by atoms with E-state index in [9.17, 15) is 4.79 Å². The van der Waals surface area contributed by atoms with E-state index in [2.05, 4.69) is 4.98 Å². The maximum atomic E-state index is 11.4. The molecule has 0 fully saturated rings. The van der Waals surface area contributed by atoms with Crippen LogP contribution in [0.15, 0.2) is 10.5 Å². The number of aromatic nitrogens is 1. The monoisotopic (exact) mass is 191 g/mol. The summed E-state index contributed by atoms with van der Waals surface area (Å²) in [6.45, 7) is 2.05. The smallest absolute Gasteiger partial charge is 0.219 e. The minimum atomic E-state index is 0.117. The number of nitrogens with zero attached hydrogens (tertiary/aromatic N) is 1. The first-order chi connectivity index (χ1) is 6.81. The Labute approximate surface area is 82.8 Å². The van der Waals surface area contributed by atoms with Crippen LogP contribution >= 0.6 is 0 Å². The highest BCUT2D eigenvalue weighted by atomic mass is 16.4. The molecule has 1 aromatic heterocycles. The summed E-state index contributed by atoms with van der Waals surface area (Å²) >= 11 is 0. The van der Waals surface area contributed by atoms with Crippen LogP contribution < -0.4 is 0 Å². The van der Waals surface area contributed by atoms with Crippen molar-refractivity contribution in [2.24, 2.45) is 0 Å². The zero-order valence-electron chi connectivity index (χ0n) is 8.25. The van der Waals surface area contributed by atoms with E-state index in [4.69, 9.17) is 4.42 Å². The van der Waals surface area contributed by atoms with E-state index in [0.29, 0.717) is 18.0 Å². The molecule has 0 aliphatic heterocycles. The van der Waals surface area contributed by atoms with Crippen molar-refractivity contribution < 1.29 is 9.21 Å². The van der Waals surface area contributed by atoms with Gasteiger partial charge in [0.15, 0.2) is 5.78 Å². The topological polar surface area (TPSA) is 43.1 Å². The number of oxazole rings is 1. The molecule has 0 bridgehead atoms. The molecule has 3 nitrogen and oxygen atoms in total. The number of aryl methyl sites for hydroxylation is 1.